The Hall–Kier alpha value is -1.51. The lowest BCUT2D eigenvalue weighted by molar-refractivity contribution is -0.113. The standard InChI is InChI=1S/C28H36N4OS3/c1-6-19-15(2)36-24-22(19)23(34-14-21(33)30-26-29-20(13-35-26)27(3,4)5)31-25(32-24)28-10-16-7-17(11-28)9-18(8-16)12-28/h13,16-18H,6-12,14H2,1-5H3,(H,29,30,33). The summed E-state index contributed by atoms with van der Waals surface area (Å²) >= 11 is 4.87. The Morgan fingerprint density at radius 3 is 2.36 bits per heavy atom. The maximum absolute atomic E-state index is 12.9. The molecule has 3 aromatic heterocycles. The van der Waals surface area contributed by atoms with Gasteiger partial charge in [-0.15, -0.1) is 22.7 Å². The molecule has 3 heterocycles. The second-order valence-corrected chi connectivity index (χ2v) is 15.4. The normalized spacial score (nSPS) is 27.2. The third-order valence-electron chi connectivity index (χ3n) is 8.54. The maximum atomic E-state index is 12.9. The van der Waals surface area contributed by atoms with E-state index in [0.29, 0.717) is 10.9 Å². The number of aryl methyl sites for hydroxylation is 2. The van der Waals surface area contributed by atoms with Crippen LogP contribution in [0, 0.1) is 24.7 Å². The van der Waals surface area contributed by atoms with E-state index in [1.807, 2.05) is 5.38 Å². The number of anilines is 1. The summed E-state index contributed by atoms with van der Waals surface area (Å²) in [6.45, 7) is 10.8. The highest BCUT2D eigenvalue weighted by Crippen LogP contribution is 2.60. The fourth-order valence-corrected chi connectivity index (χ4v) is 10.2. The number of nitrogens with zero attached hydrogens (tertiary/aromatic N) is 3. The highest BCUT2D eigenvalue weighted by atomic mass is 32.2. The van der Waals surface area contributed by atoms with Crippen molar-refractivity contribution in [2.24, 2.45) is 17.8 Å². The summed E-state index contributed by atoms with van der Waals surface area (Å²) in [4.78, 5) is 30.6. The van der Waals surface area contributed by atoms with Gasteiger partial charge in [0.2, 0.25) is 5.91 Å². The first-order valence-corrected chi connectivity index (χ1v) is 16.0. The summed E-state index contributed by atoms with van der Waals surface area (Å²) in [5, 5.41) is 7.90. The Labute approximate surface area is 226 Å². The Morgan fingerprint density at radius 2 is 1.78 bits per heavy atom. The number of hydrogen-bond donors (Lipinski definition) is 1. The number of thiophene rings is 1. The molecule has 8 heteroatoms. The van der Waals surface area contributed by atoms with Crippen LogP contribution in [0.15, 0.2) is 10.4 Å². The van der Waals surface area contributed by atoms with E-state index in [1.54, 1.807) is 23.1 Å². The van der Waals surface area contributed by atoms with Gasteiger partial charge in [0, 0.05) is 26.5 Å². The smallest absolute Gasteiger partial charge is 0.236 e. The molecular weight excluding hydrogens is 505 g/mol. The summed E-state index contributed by atoms with van der Waals surface area (Å²) in [7, 11) is 0. The Bertz CT molecular complexity index is 1280. The van der Waals surface area contributed by atoms with Gasteiger partial charge in [0.15, 0.2) is 5.13 Å². The third kappa shape index (κ3) is 4.41. The van der Waals surface area contributed by atoms with E-state index in [1.165, 1.54) is 65.7 Å². The molecule has 36 heavy (non-hydrogen) atoms. The summed E-state index contributed by atoms with van der Waals surface area (Å²) in [6.07, 6.45) is 8.94. The predicted molar refractivity (Wildman–Crippen MR) is 152 cm³/mol. The van der Waals surface area contributed by atoms with E-state index in [9.17, 15) is 4.79 Å². The number of amides is 1. The van der Waals surface area contributed by atoms with Crippen LogP contribution in [0.4, 0.5) is 5.13 Å². The van der Waals surface area contributed by atoms with Gasteiger partial charge in [-0.05, 0) is 75.2 Å². The van der Waals surface area contributed by atoms with Crippen molar-refractivity contribution in [1.29, 1.82) is 0 Å². The molecule has 0 atom stereocenters. The monoisotopic (exact) mass is 540 g/mol. The van der Waals surface area contributed by atoms with Crippen LogP contribution in [-0.4, -0.2) is 26.6 Å². The SMILES string of the molecule is CCc1c(C)sc2nc(C34CC5CC(CC(C5)C3)C4)nc(SCC(=O)Nc3nc(C(C)(C)C)cs3)c12. The minimum atomic E-state index is -0.0260. The second kappa shape index (κ2) is 9.05. The largest absolute Gasteiger partial charge is 0.301 e. The number of aromatic nitrogens is 3. The lowest BCUT2D eigenvalue weighted by Crippen LogP contribution is -2.49. The minimum Gasteiger partial charge on any atom is -0.301 e. The molecule has 3 aromatic rings. The summed E-state index contributed by atoms with van der Waals surface area (Å²) in [6, 6.07) is 0. The Morgan fingerprint density at radius 1 is 1.11 bits per heavy atom. The molecule has 0 spiro atoms. The van der Waals surface area contributed by atoms with Crippen LogP contribution in [0.2, 0.25) is 0 Å². The predicted octanol–water partition coefficient (Wildman–Crippen LogP) is 7.51. The molecule has 4 aliphatic carbocycles. The van der Waals surface area contributed by atoms with Crippen LogP contribution in [0.3, 0.4) is 0 Å². The summed E-state index contributed by atoms with van der Waals surface area (Å²) in [5.41, 5.74) is 2.47. The van der Waals surface area contributed by atoms with Crippen LogP contribution >= 0.6 is 34.4 Å². The van der Waals surface area contributed by atoms with Crippen molar-refractivity contribution in [3.05, 3.63) is 27.3 Å². The molecule has 4 fully saturated rings. The number of thioether (sulfide) groups is 1. The fourth-order valence-electron chi connectivity index (χ4n) is 7.25. The highest BCUT2D eigenvalue weighted by Gasteiger charge is 2.53. The van der Waals surface area contributed by atoms with Crippen molar-refractivity contribution in [3.63, 3.8) is 0 Å². The molecule has 1 N–H and O–H groups in total. The van der Waals surface area contributed by atoms with Gasteiger partial charge in [-0.25, -0.2) is 15.0 Å². The zero-order valence-corrected chi connectivity index (χ0v) is 24.4. The van der Waals surface area contributed by atoms with Crippen LogP contribution in [0.25, 0.3) is 10.2 Å². The lowest BCUT2D eigenvalue weighted by Gasteiger charge is -2.56. The molecule has 0 radical (unpaired) electrons. The van der Waals surface area contributed by atoms with Gasteiger partial charge >= 0.3 is 0 Å². The first kappa shape index (κ1) is 24.8. The molecule has 7 rings (SSSR count). The Kier molecular flexibility index (Phi) is 6.24. The number of rotatable bonds is 6. The first-order chi connectivity index (χ1) is 17.1. The van der Waals surface area contributed by atoms with E-state index < -0.39 is 0 Å². The van der Waals surface area contributed by atoms with Gasteiger partial charge in [-0.3, -0.25) is 4.79 Å². The summed E-state index contributed by atoms with van der Waals surface area (Å²) in [5.74, 6) is 3.92. The molecular formula is C28H36N4OS3. The molecule has 4 bridgehead atoms. The van der Waals surface area contributed by atoms with Gasteiger partial charge in [-0.1, -0.05) is 39.5 Å². The molecule has 5 nitrogen and oxygen atoms in total. The van der Waals surface area contributed by atoms with Crippen LogP contribution in [0.5, 0.6) is 0 Å². The molecule has 192 valence electrons. The zero-order valence-electron chi connectivity index (χ0n) is 21.9. The lowest BCUT2D eigenvalue weighted by atomic mass is 9.49. The average Bonchev–Trinajstić information content (AvgIpc) is 3.40. The Balaban J connectivity index is 1.29. The molecule has 4 aliphatic rings. The van der Waals surface area contributed by atoms with Gasteiger partial charge in [0.25, 0.3) is 0 Å². The van der Waals surface area contributed by atoms with Crippen LogP contribution in [0.1, 0.15) is 88.2 Å². The van der Waals surface area contributed by atoms with E-state index >= 15 is 0 Å². The zero-order chi connectivity index (χ0) is 25.2. The first-order valence-electron chi connectivity index (χ1n) is 13.3. The molecule has 0 aromatic carbocycles. The van der Waals surface area contributed by atoms with Crippen LogP contribution < -0.4 is 5.32 Å². The van der Waals surface area contributed by atoms with Crippen molar-refractivity contribution in [2.75, 3.05) is 11.1 Å². The third-order valence-corrected chi connectivity index (χ3v) is 11.3. The molecule has 1 amide bonds. The van der Waals surface area contributed by atoms with Crippen molar-refractivity contribution in [2.45, 2.75) is 95.4 Å². The quantitative estimate of drug-likeness (QED) is 0.259. The number of hydrogen-bond acceptors (Lipinski definition) is 7. The molecule has 4 saturated carbocycles. The van der Waals surface area contributed by atoms with Gasteiger partial charge in [0.1, 0.15) is 15.7 Å². The second-order valence-electron chi connectivity index (χ2n) is 12.3. The minimum absolute atomic E-state index is 0.0251. The van der Waals surface area contributed by atoms with Gasteiger partial charge in [-0.2, -0.15) is 0 Å². The fraction of sp³-hybridized carbons (Fsp3) is 0.643. The van der Waals surface area contributed by atoms with Gasteiger partial charge in [0.05, 0.1) is 11.4 Å². The molecule has 0 aliphatic heterocycles. The number of carbonyl (C=O) groups excluding carboxylic acids is 1. The number of nitrogens with one attached hydrogen (secondary N) is 1. The van der Waals surface area contributed by atoms with Crippen LogP contribution in [-0.2, 0) is 22.0 Å². The van der Waals surface area contributed by atoms with Gasteiger partial charge < -0.3 is 5.32 Å². The molecule has 0 saturated heterocycles. The van der Waals surface area contributed by atoms with Crippen molar-refractivity contribution >= 4 is 55.7 Å². The topological polar surface area (TPSA) is 67.8 Å². The van der Waals surface area contributed by atoms with E-state index in [-0.39, 0.29) is 16.7 Å². The molecule has 0 unspecified atom stereocenters. The maximum Gasteiger partial charge on any atom is 0.236 e. The van der Waals surface area contributed by atoms with E-state index in [0.717, 1.165) is 45.5 Å². The number of fused-ring (bicyclic) bond motifs is 1. The number of carbonyl (C=O) groups is 1. The highest BCUT2D eigenvalue weighted by molar-refractivity contribution is 8.00. The van der Waals surface area contributed by atoms with Crippen molar-refractivity contribution in [3.8, 4) is 0 Å². The average molecular weight is 541 g/mol. The summed E-state index contributed by atoms with van der Waals surface area (Å²) < 4.78 is 0. The van der Waals surface area contributed by atoms with E-state index in [2.05, 4.69) is 44.9 Å². The van der Waals surface area contributed by atoms with Crippen molar-refractivity contribution in [1.82, 2.24) is 15.0 Å². The van der Waals surface area contributed by atoms with E-state index in [4.69, 9.17) is 9.97 Å². The van der Waals surface area contributed by atoms with Crippen molar-refractivity contribution < 1.29 is 4.79 Å². The number of thiazole rings is 1.